The number of nitrogens with one attached hydrogen (secondary N) is 1. The molecular weight excluding hydrogens is 430 g/mol. The lowest BCUT2D eigenvalue weighted by Crippen LogP contribution is -2.37. The highest BCUT2D eigenvalue weighted by Gasteiger charge is 2.42. The molecule has 1 amide bonds. The van der Waals surface area contributed by atoms with Crippen molar-refractivity contribution < 1.29 is 19.0 Å². The van der Waals surface area contributed by atoms with Crippen molar-refractivity contribution in [3.05, 3.63) is 77.8 Å². The van der Waals surface area contributed by atoms with Crippen LogP contribution in [-0.4, -0.2) is 40.6 Å². The van der Waals surface area contributed by atoms with Gasteiger partial charge in [0.05, 0.1) is 19.5 Å². The van der Waals surface area contributed by atoms with E-state index in [0.717, 1.165) is 17.1 Å². The van der Waals surface area contributed by atoms with Gasteiger partial charge in [-0.2, -0.15) is 0 Å². The maximum atomic E-state index is 11.1. The molecule has 32 heavy (non-hydrogen) atoms. The van der Waals surface area contributed by atoms with Gasteiger partial charge in [0.2, 0.25) is 5.91 Å². The lowest BCUT2D eigenvalue weighted by Gasteiger charge is -2.28. The van der Waals surface area contributed by atoms with Crippen LogP contribution in [0.15, 0.2) is 67.3 Å². The first-order valence-corrected chi connectivity index (χ1v) is 10.9. The van der Waals surface area contributed by atoms with Crippen LogP contribution in [0.2, 0.25) is 5.02 Å². The Labute approximate surface area is 192 Å². The molecule has 0 bridgehead atoms. The average molecular weight is 456 g/mol. The number of hydrogen-bond acceptors (Lipinski definition) is 5. The first kappa shape index (κ1) is 22.3. The molecule has 4 rings (SSSR count). The smallest absolute Gasteiger partial charge is 0.221 e. The van der Waals surface area contributed by atoms with Crippen molar-refractivity contribution in [3.63, 3.8) is 0 Å². The minimum absolute atomic E-state index is 0.108. The van der Waals surface area contributed by atoms with E-state index < -0.39 is 5.79 Å². The van der Waals surface area contributed by atoms with Gasteiger partial charge in [0.15, 0.2) is 5.79 Å². The van der Waals surface area contributed by atoms with E-state index in [-0.39, 0.29) is 12.0 Å². The van der Waals surface area contributed by atoms with Gasteiger partial charge >= 0.3 is 0 Å². The Morgan fingerprint density at radius 2 is 2.03 bits per heavy atom. The molecule has 1 N–H and O–H groups in total. The van der Waals surface area contributed by atoms with Gasteiger partial charge < -0.3 is 24.1 Å². The number of imidazole rings is 1. The molecule has 1 aliphatic rings. The Bertz CT molecular complexity index is 1010. The fourth-order valence-electron chi connectivity index (χ4n) is 3.66. The van der Waals surface area contributed by atoms with Crippen molar-refractivity contribution in [1.29, 1.82) is 0 Å². The number of rotatable bonds is 9. The fourth-order valence-corrected chi connectivity index (χ4v) is 3.79. The van der Waals surface area contributed by atoms with Crippen molar-refractivity contribution in [2.24, 2.45) is 0 Å². The van der Waals surface area contributed by atoms with Crippen LogP contribution in [0.5, 0.6) is 5.75 Å². The monoisotopic (exact) mass is 455 g/mol. The van der Waals surface area contributed by atoms with E-state index in [0.29, 0.717) is 31.9 Å². The van der Waals surface area contributed by atoms with Crippen molar-refractivity contribution >= 4 is 23.2 Å². The molecule has 7 nitrogen and oxygen atoms in total. The van der Waals surface area contributed by atoms with Crippen LogP contribution in [0.4, 0.5) is 5.69 Å². The van der Waals surface area contributed by atoms with E-state index in [2.05, 4.69) is 10.3 Å². The van der Waals surface area contributed by atoms with Crippen LogP contribution in [0.3, 0.4) is 0 Å². The highest BCUT2D eigenvalue weighted by Crippen LogP contribution is 2.31. The van der Waals surface area contributed by atoms with Gasteiger partial charge in [-0.15, -0.1) is 0 Å². The Balaban J connectivity index is 1.36. The van der Waals surface area contributed by atoms with E-state index in [1.165, 1.54) is 12.5 Å². The quantitative estimate of drug-likeness (QED) is 0.520. The topological polar surface area (TPSA) is 74.6 Å². The third-order valence-corrected chi connectivity index (χ3v) is 5.47. The number of aromatic nitrogens is 2. The summed E-state index contributed by atoms with van der Waals surface area (Å²) in [6, 6.07) is 15.1. The normalized spacial score (nSPS) is 20.2. The zero-order chi connectivity index (χ0) is 22.4. The Morgan fingerprint density at radius 3 is 2.72 bits per heavy atom. The second kappa shape index (κ2) is 10.2. The number of anilines is 1. The van der Waals surface area contributed by atoms with Crippen molar-refractivity contribution in [2.75, 3.05) is 18.5 Å². The molecule has 1 fully saturated rings. The molecule has 1 aromatic heterocycles. The first-order chi connectivity index (χ1) is 15.5. The Hall–Kier alpha value is -2.87. The molecule has 0 spiro atoms. The third-order valence-electron chi connectivity index (χ3n) is 5.21. The summed E-state index contributed by atoms with van der Waals surface area (Å²) in [5, 5.41) is 3.46. The summed E-state index contributed by atoms with van der Waals surface area (Å²) in [4.78, 5) is 15.3. The summed E-state index contributed by atoms with van der Waals surface area (Å²) < 4.78 is 20.5. The fraction of sp³-hybridized carbons (Fsp3) is 0.333. The number of benzene rings is 2. The number of ether oxygens (including phenoxy) is 3. The van der Waals surface area contributed by atoms with Gasteiger partial charge in [0, 0.05) is 36.4 Å². The number of amides is 1. The average Bonchev–Trinajstić information content (AvgIpc) is 3.43. The van der Waals surface area contributed by atoms with Crippen LogP contribution in [-0.2, 0) is 27.2 Å². The van der Waals surface area contributed by atoms with Gasteiger partial charge in [-0.05, 0) is 48.4 Å². The summed E-state index contributed by atoms with van der Waals surface area (Å²) >= 11 is 6.00. The van der Waals surface area contributed by atoms with Crippen LogP contribution < -0.4 is 10.1 Å². The summed E-state index contributed by atoms with van der Waals surface area (Å²) in [6.45, 7) is 2.83. The largest absolute Gasteiger partial charge is 0.491 e. The van der Waals surface area contributed by atoms with Crippen LogP contribution in [0, 0.1) is 0 Å². The predicted molar refractivity (Wildman–Crippen MR) is 122 cm³/mol. The van der Waals surface area contributed by atoms with Gasteiger partial charge in [-0.1, -0.05) is 23.7 Å². The van der Waals surface area contributed by atoms with Crippen molar-refractivity contribution in [3.8, 4) is 5.75 Å². The SMILES string of the molecule is CC(=O)Nc1ccc(OC[C@H]2CO[C@@](CCc3ccc(Cl)cc3)(Cn3ccnc3)O2)cc1. The number of carbonyl (C=O) groups is 1. The zero-order valence-corrected chi connectivity index (χ0v) is 18.6. The number of carbonyl (C=O) groups excluding carboxylic acids is 1. The van der Waals surface area contributed by atoms with Gasteiger partial charge in [0.25, 0.3) is 0 Å². The molecule has 0 radical (unpaired) electrons. The second-order valence-electron chi connectivity index (χ2n) is 7.84. The molecule has 0 unspecified atom stereocenters. The minimum Gasteiger partial charge on any atom is -0.491 e. The minimum atomic E-state index is -0.760. The molecule has 2 atom stereocenters. The Kier molecular flexibility index (Phi) is 7.09. The molecular formula is C24H26ClN3O4. The highest BCUT2D eigenvalue weighted by atomic mass is 35.5. The lowest BCUT2D eigenvalue weighted by atomic mass is 10.0. The summed E-state index contributed by atoms with van der Waals surface area (Å²) in [5.41, 5.74) is 1.90. The van der Waals surface area contributed by atoms with E-state index in [1.54, 1.807) is 24.7 Å². The molecule has 3 aromatic rings. The van der Waals surface area contributed by atoms with Crippen LogP contribution >= 0.6 is 11.6 Å². The molecule has 0 aliphatic carbocycles. The van der Waals surface area contributed by atoms with E-state index in [9.17, 15) is 4.79 Å². The standard InChI is InChI=1S/C24H26ClN3O4/c1-18(29)27-21-6-8-22(9-7-21)30-14-23-15-31-24(32-23,16-28-13-12-26-17-28)11-10-19-2-4-20(25)5-3-19/h2-9,12-13,17,23H,10-11,14-16H2,1H3,(H,27,29)/t23-,24+/m0/s1. The molecule has 2 heterocycles. The second-order valence-corrected chi connectivity index (χ2v) is 8.28. The maximum Gasteiger partial charge on any atom is 0.221 e. The molecule has 1 aliphatic heterocycles. The molecule has 168 valence electrons. The predicted octanol–water partition coefficient (Wildman–Crippen LogP) is 4.32. The summed E-state index contributed by atoms with van der Waals surface area (Å²) in [7, 11) is 0. The highest BCUT2D eigenvalue weighted by molar-refractivity contribution is 6.30. The molecule has 0 saturated carbocycles. The molecule has 1 saturated heterocycles. The maximum absolute atomic E-state index is 11.1. The van der Waals surface area contributed by atoms with Crippen LogP contribution in [0.25, 0.3) is 0 Å². The lowest BCUT2D eigenvalue weighted by molar-refractivity contribution is -0.184. The van der Waals surface area contributed by atoms with E-state index in [1.807, 2.05) is 47.2 Å². The molecule has 2 aromatic carbocycles. The van der Waals surface area contributed by atoms with Crippen molar-refractivity contribution in [1.82, 2.24) is 9.55 Å². The van der Waals surface area contributed by atoms with Crippen LogP contribution in [0.1, 0.15) is 18.9 Å². The number of hydrogen-bond donors (Lipinski definition) is 1. The Morgan fingerprint density at radius 1 is 1.25 bits per heavy atom. The summed E-state index contributed by atoms with van der Waals surface area (Å²) in [6.07, 6.45) is 6.69. The van der Waals surface area contributed by atoms with Crippen molar-refractivity contribution in [2.45, 2.75) is 38.2 Å². The number of aryl methyl sites for hydroxylation is 1. The van der Waals surface area contributed by atoms with Gasteiger partial charge in [-0.3, -0.25) is 4.79 Å². The van der Waals surface area contributed by atoms with Gasteiger partial charge in [-0.25, -0.2) is 4.98 Å². The van der Waals surface area contributed by atoms with E-state index >= 15 is 0 Å². The first-order valence-electron chi connectivity index (χ1n) is 10.5. The number of nitrogens with zero attached hydrogens (tertiary/aromatic N) is 2. The van der Waals surface area contributed by atoms with E-state index in [4.69, 9.17) is 25.8 Å². The van der Waals surface area contributed by atoms with Gasteiger partial charge in [0.1, 0.15) is 18.5 Å². The number of halogens is 1. The third kappa shape index (κ3) is 6.09. The zero-order valence-electron chi connectivity index (χ0n) is 17.9. The summed E-state index contributed by atoms with van der Waals surface area (Å²) in [5.74, 6) is -0.164. The molecule has 8 heteroatoms.